The second kappa shape index (κ2) is 8.56. The zero-order valence-electron chi connectivity index (χ0n) is 13.1. The number of carbonyl (C=O) groups excluding carboxylic acids is 2. The average molecular weight is 282 g/mol. The van der Waals surface area contributed by atoms with E-state index in [1.165, 1.54) is 0 Å². The van der Waals surface area contributed by atoms with Gasteiger partial charge in [-0.05, 0) is 20.3 Å². The van der Waals surface area contributed by atoms with E-state index in [9.17, 15) is 9.59 Å². The normalized spacial score (nSPS) is 10.8. The molecule has 0 N–H and O–H groups in total. The van der Waals surface area contributed by atoms with Crippen molar-refractivity contribution in [3.8, 4) is 0 Å². The molecule has 0 aliphatic heterocycles. The first-order chi connectivity index (χ1) is 9.22. The summed E-state index contributed by atoms with van der Waals surface area (Å²) in [5.74, 6) is -2.38. The molecular formula is C16H26O4. The summed E-state index contributed by atoms with van der Waals surface area (Å²) in [6, 6.07) is 0. The lowest BCUT2D eigenvalue weighted by atomic mass is 10.1. The van der Waals surface area contributed by atoms with Crippen molar-refractivity contribution in [1.29, 1.82) is 0 Å². The Labute approximate surface area is 121 Å². The Morgan fingerprint density at radius 2 is 1.40 bits per heavy atom. The Balaban J connectivity index is 4.73. The molecule has 0 aromatic rings. The molecule has 0 heterocycles. The summed E-state index contributed by atoms with van der Waals surface area (Å²) in [6.45, 7) is 13.9. The van der Waals surface area contributed by atoms with Crippen LogP contribution in [0.1, 0.15) is 59.8 Å². The smallest absolute Gasteiger partial charge is 0.336 e. The summed E-state index contributed by atoms with van der Waals surface area (Å²) in [5, 5.41) is 0. The van der Waals surface area contributed by atoms with Gasteiger partial charge in [-0.1, -0.05) is 39.3 Å². The van der Waals surface area contributed by atoms with Crippen molar-refractivity contribution in [2.75, 3.05) is 0 Å². The summed E-state index contributed by atoms with van der Waals surface area (Å²) in [5.41, 5.74) is 0.548. The molecule has 0 fully saturated rings. The Kier molecular flexibility index (Phi) is 7.89. The molecule has 4 nitrogen and oxygen atoms in total. The van der Waals surface area contributed by atoms with Crippen LogP contribution in [0.4, 0.5) is 0 Å². The number of hydrogen-bond donors (Lipinski definition) is 0. The summed E-state index contributed by atoms with van der Waals surface area (Å²) >= 11 is 0. The first-order valence-electron chi connectivity index (χ1n) is 6.99. The lowest BCUT2D eigenvalue weighted by Gasteiger charge is -2.29. The SMILES string of the molecule is C=C(C)C(=O)OC(C)(CCCCCC)OC(=O)C(=C)C. The number of carbonyl (C=O) groups is 2. The summed E-state index contributed by atoms with van der Waals surface area (Å²) in [4.78, 5) is 23.3. The maximum atomic E-state index is 11.7. The van der Waals surface area contributed by atoms with Gasteiger partial charge in [-0.2, -0.15) is 0 Å². The van der Waals surface area contributed by atoms with Crippen molar-refractivity contribution in [3.05, 3.63) is 24.3 Å². The Morgan fingerprint density at radius 3 is 1.75 bits per heavy atom. The molecule has 0 rings (SSSR count). The second-order valence-corrected chi connectivity index (χ2v) is 5.28. The molecule has 0 unspecified atom stereocenters. The van der Waals surface area contributed by atoms with Gasteiger partial charge in [0.05, 0.1) is 0 Å². The number of ether oxygens (including phenoxy) is 2. The van der Waals surface area contributed by atoms with E-state index in [0.717, 1.165) is 25.7 Å². The lowest BCUT2D eigenvalue weighted by molar-refractivity contribution is -0.219. The van der Waals surface area contributed by atoms with E-state index in [0.29, 0.717) is 6.42 Å². The molecule has 114 valence electrons. The maximum absolute atomic E-state index is 11.7. The average Bonchev–Trinajstić information content (AvgIpc) is 2.34. The van der Waals surface area contributed by atoms with Gasteiger partial charge in [0.1, 0.15) is 0 Å². The van der Waals surface area contributed by atoms with Crippen LogP contribution in [0.5, 0.6) is 0 Å². The molecule has 0 aromatic carbocycles. The molecule has 0 amide bonds. The van der Waals surface area contributed by atoms with Gasteiger partial charge >= 0.3 is 11.9 Å². The Bertz CT molecular complexity index is 354. The molecule has 0 aliphatic rings. The van der Waals surface area contributed by atoms with Crippen molar-refractivity contribution in [1.82, 2.24) is 0 Å². The van der Waals surface area contributed by atoms with Crippen LogP contribution in [0.3, 0.4) is 0 Å². The van der Waals surface area contributed by atoms with Gasteiger partial charge in [-0.15, -0.1) is 0 Å². The van der Waals surface area contributed by atoms with Gasteiger partial charge in [0.25, 0.3) is 5.79 Å². The fourth-order valence-electron chi connectivity index (χ4n) is 1.56. The van der Waals surface area contributed by atoms with Gasteiger partial charge < -0.3 is 9.47 Å². The molecule has 0 spiro atoms. The van der Waals surface area contributed by atoms with Crippen LogP contribution in [0.25, 0.3) is 0 Å². The minimum Gasteiger partial charge on any atom is -0.419 e. The zero-order chi connectivity index (χ0) is 15.8. The topological polar surface area (TPSA) is 52.6 Å². The number of esters is 2. The van der Waals surface area contributed by atoms with Crippen molar-refractivity contribution in [2.24, 2.45) is 0 Å². The van der Waals surface area contributed by atoms with E-state index in [1.54, 1.807) is 20.8 Å². The van der Waals surface area contributed by atoms with Crippen LogP contribution < -0.4 is 0 Å². The fourth-order valence-corrected chi connectivity index (χ4v) is 1.56. The van der Waals surface area contributed by atoms with E-state index in [-0.39, 0.29) is 11.1 Å². The third kappa shape index (κ3) is 7.12. The van der Waals surface area contributed by atoms with Gasteiger partial charge in [-0.25, -0.2) is 9.59 Å². The van der Waals surface area contributed by atoms with Gasteiger partial charge in [-0.3, -0.25) is 0 Å². The predicted octanol–water partition coefficient (Wildman–Crippen LogP) is 3.91. The third-order valence-electron chi connectivity index (χ3n) is 2.80. The first-order valence-corrected chi connectivity index (χ1v) is 6.99. The van der Waals surface area contributed by atoms with Gasteiger partial charge in [0.15, 0.2) is 0 Å². The lowest BCUT2D eigenvalue weighted by Crippen LogP contribution is -2.37. The highest BCUT2D eigenvalue weighted by molar-refractivity contribution is 5.89. The van der Waals surface area contributed by atoms with Crippen LogP contribution in [0.15, 0.2) is 24.3 Å². The maximum Gasteiger partial charge on any atom is 0.336 e. The second-order valence-electron chi connectivity index (χ2n) is 5.28. The molecular weight excluding hydrogens is 256 g/mol. The quantitative estimate of drug-likeness (QED) is 0.278. The van der Waals surface area contributed by atoms with Crippen molar-refractivity contribution in [2.45, 2.75) is 65.6 Å². The van der Waals surface area contributed by atoms with Crippen molar-refractivity contribution in [3.63, 3.8) is 0 Å². The summed E-state index contributed by atoms with van der Waals surface area (Å²) < 4.78 is 10.6. The standard InChI is InChI=1S/C16H26O4/c1-7-8-9-10-11-16(6,19-14(17)12(2)3)20-15(18)13(4)5/h2,4,7-11H2,1,3,5-6H3. The molecule has 0 aliphatic carbocycles. The van der Waals surface area contributed by atoms with E-state index in [1.807, 2.05) is 0 Å². The molecule has 0 atom stereocenters. The van der Waals surface area contributed by atoms with Crippen LogP contribution in [0.2, 0.25) is 0 Å². The third-order valence-corrected chi connectivity index (χ3v) is 2.80. The minimum absolute atomic E-state index is 0.274. The monoisotopic (exact) mass is 282 g/mol. The molecule has 0 saturated heterocycles. The van der Waals surface area contributed by atoms with Crippen LogP contribution in [-0.4, -0.2) is 17.7 Å². The highest BCUT2D eigenvalue weighted by Crippen LogP contribution is 2.24. The van der Waals surface area contributed by atoms with E-state index >= 15 is 0 Å². The van der Waals surface area contributed by atoms with Gasteiger partial charge in [0.2, 0.25) is 0 Å². The van der Waals surface area contributed by atoms with E-state index < -0.39 is 17.7 Å². The number of hydrogen-bond acceptors (Lipinski definition) is 4. The van der Waals surface area contributed by atoms with Gasteiger partial charge in [0, 0.05) is 24.5 Å². The summed E-state index contributed by atoms with van der Waals surface area (Å²) in [7, 11) is 0. The molecule has 0 radical (unpaired) electrons. The van der Waals surface area contributed by atoms with Crippen LogP contribution in [0, 0.1) is 0 Å². The highest BCUT2D eigenvalue weighted by atomic mass is 16.7. The van der Waals surface area contributed by atoms with Crippen molar-refractivity contribution >= 4 is 11.9 Å². The van der Waals surface area contributed by atoms with Crippen LogP contribution in [-0.2, 0) is 19.1 Å². The molecule has 20 heavy (non-hydrogen) atoms. The Morgan fingerprint density at radius 1 is 0.950 bits per heavy atom. The Hall–Kier alpha value is -1.58. The summed E-state index contributed by atoms with van der Waals surface area (Å²) in [6.07, 6.45) is 4.48. The number of rotatable bonds is 9. The minimum atomic E-state index is -1.26. The fraction of sp³-hybridized carbons (Fsp3) is 0.625. The first kappa shape index (κ1) is 18.4. The zero-order valence-corrected chi connectivity index (χ0v) is 13.1. The largest absolute Gasteiger partial charge is 0.419 e. The molecule has 0 aromatic heterocycles. The predicted molar refractivity (Wildman–Crippen MR) is 79.0 cm³/mol. The van der Waals surface area contributed by atoms with E-state index in [4.69, 9.17) is 9.47 Å². The van der Waals surface area contributed by atoms with Crippen molar-refractivity contribution < 1.29 is 19.1 Å². The molecule has 0 bridgehead atoms. The van der Waals surface area contributed by atoms with E-state index in [2.05, 4.69) is 20.1 Å². The number of unbranched alkanes of at least 4 members (excludes halogenated alkanes) is 3. The highest BCUT2D eigenvalue weighted by Gasteiger charge is 2.33. The molecule has 4 heteroatoms. The molecule has 0 saturated carbocycles. The van der Waals surface area contributed by atoms with Crippen LogP contribution >= 0.6 is 0 Å².